The Bertz CT molecular complexity index is 1250. The van der Waals surface area contributed by atoms with Crippen molar-refractivity contribution in [2.45, 2.75) is 114 Å². The SMILES string of the molecule is CC1(C)COC2(CCC3=C4C(CCC3(O)C2)C2CCC(O)(C(F)(F)C(F)(F)F)C2(C)C[C@@H]4c2ccc(CN)cc2)OC1. The van der Waals surface area contributed by atoms with E-state index in [4.69, 9.17) is 15.2 Å². The molecule has 1 spiro atoms. The van der Waals surface area contributed by atoms with Gasteiger partial charge in [0.2, 0.25) is 0 Å². The highest BCUT2D eigenvalue weighted by atomic mass is 19.4. The van der Waals surface area contributed by atoms with E-state index in [0.717, 1.165) is 22.3 Å². The zero-order valence-electron chi connectivity index (χ0n) is 24.5. The number of allylic oxidation sites excluding steroid dienone is 1. The summed E-state index contributed by atoms with van der Waals surface area (Å²) in [5, 5.41) is 23.7. The van der Waals surface area contributed by atoms with Crippen LogP contribution in [0.4, 0.5) is 22.0 Å². The Morgan fingerprint density at radius 2 is 1.57 bits per heavy atom. The predicted octanol–water partition coefficient (Wildman–Crippen LogP) is 6.37. The molecule has 5 unspecified atom stereocenters. The summed E-state index contributed by atoms with van der Waals surface area (Å²) in [5.41, 5.74) is 2.89. The zero-order chi connectivity index (χ0) is 30.6. The lowest BCUT2D eigenvalue weighted by atomic mass is 9.49. The molecule has 1 saturated heterocycles. The van der Waals surface area contributed by atoms with Crippen LogP contribution in [0.25, 0.3) is 0 Å². The number of aliphatic hydroxyl groups is 2. The molecule has 234 valence electrons. The molecule has 10 heteroatoms. The van der Waals surface area contributed by atoms with Gasteiger partial charge in [-0.3, -0.25) is 0 Å². The maximum absolute atomic E-state index is 15.2. The fourth-order valence-corrected chi connectivity index (χ4v) is 9.19. The van der Waals surface area contributed by atoms with E-state index in [1.165, 1.54) is 6.92 Å². The maximum atomic E-state index is 15.2. The molecule has 6 rings (SSSR count). The van der Waals surface area contributed by atoms with Gasteiger partial charge in [-0.1, -0.05) is 50.6 Å². The van der Waals surface area contributed by atoms with E-state index in [0.29, 0.717) is 45.4 Å². The topological polar surface area (TPSA) is 84.9 Å². The summed E-state index contributed by atoms with van der Waals surface area (Å²) in [6, 6.07) is 7.38. The molecule has 1 aliphatic heterocycles. The second-order valence-corrected chi connectivity index (χ2v) is 14.6. The van der Waals surface area contributed by atoms with Gasteiger partial charge in [-0.2, -0.15) is 22.0 Å². The number of alkyl halides is 5. The molecular weight excluding hydrogens is 557 g/mol. The lowest BCUT2D eigenvalue weighted by molar-refractivity contribution is -0.362. The summed E-state index contributed by atoms with van der Waals surface area (Å²) >= 11 is 0. The Balaban J connectivity index is 1.45. The van der Waals surface area contributed by atoms with Crippen LogP contribution in [0.3, 0.4) is 0 Å². The van der Waals surface area contributed by atoms with Gasteiger partial charge in [0.1, 0.15) is 5.60 Å². The predicted molar refractivity (Wildman–Crippen MR) is 145 cm³/mol. The zero-order valence-corrected chi connectivity index (χ0v) is 24.5. The van der Waals surface area contributed by atoms with E-state index in [-0.39, 0.29) is 30.6 Å². The summed E-state index contributed by atoms with van der Waals surface area (Å²) in [4.78, 5) is 0. The minimum atomic E-state index is -5.88. The van der Waals surface area contributed by atoms with Crippen LogP contribution in [0.15, 0.2) is 35.4 Å². The lowest BCUT2D eigenvalue weighted by Gasteiger charge is -2.59. The fourth-order valence-electron chi connectivity index (χ4n) is 9.19. The summed E-state index contributed by atoms with van der Waals surface area (Å²) in [7, 11) is 0. The highest BCUT2D eigenvalue weighted by Crippen LogP contribution is 2.71. The van der Waals surface area contributed by atoms with Crippen LogP contribution >= 0.6 is 0 Å². The van der Waals surface area contributed by atoms with Gasteiger partial charge in [-0.25, -0.2) is 0 Å². The van der Waals surface area contributed by atoms with Crippen molar-refractivity contribution in [3.63, 3.8) is 0 Å². The van der Waals surface area contributed by atoms with E-state index >= 15 is 8.78 Å². The van der Waals surface area contributed by atoms with Crippen LogP contribution in [-0.4, -0.2) is 52.5 Å². The first-order valence-corrected chi connectivity index (χ1v) is 15.1. The van der Waals surface area contributed by atoms with Gasteiger partial charge in [-0.15, -0.1) is 0 Å². The molecule has 0 amide bonds. The molecule has 1 aromatic carbocycles. The second kappa shape index (κ2) is 9.46. The Morgan fingerprint density at radius 1 is 0.929 bits per heavy atom. The second-order valence-electron chi connectivity index (χ2n) is 14.6. The third-order valence-corrected chi connectivity index (χ3v) is 11.5. The number of nitrogens with two attached hydrogens (primary N) is 1. The van der Waals surface area contributed by atoms with Crippen molar-refractivity contribution in [2.24, 2.45) is 28.4 Å². The van der Waals surface area contributed by atoms with Crippen molar-refractivity contribution < 1.29 is 41.6 Å². The standard InChI is InChI=1S/C32H42F5NO4/c1-26(2)17-41-29(42-18-26)12-9-24-25-21(8-11-28(24,39)16-29)23-10-13-30(40,31(33,34)32(35,36)37)27(23,3)14-22(25)20-6-4-19(15-38)5-7-20/h4-7,21-23,39-40H,8-18,38H2,1-3H3/t21?,22-,23?,27?,28?,30?/m1/s1. The maximum Gasteiger partial charge on any atom is 0.456 e. The third-order valence-electron chi connectivity index (χ3n) is 11.5. The Morgan fingerprint density at radius 3 is 2.17 bits per heavy atom. The molecule has 1 aromatic rings. The first kappa shape index (κ1) is 30.4. The van der Waals surface area contributed by atoms with Crippen LogP contribution in [0.5, 0.6) is 0 Å². The molecule has 0 radical (unpaired) electrons. The van der Waals surface area contributed by atoms with Gasteiger partial charge in [0.15, 0.2) is 5.79 Å². The Hall–Kier alpha value is -1.59. The molecule has 4 aliphatic carbocycles. The number of hydrogen-bond acceptors (Lipinski definition) is 5. The molecule has 6 atom stereocenters. The Kier molecular flexibility index (Phi) is 6.85. The van der Waals surface area contributed by atoms with Crippen LogP contribution < -0.4 is 5.73 Å². The van der Waals surface area contributed by atoms with Crippen molar-refractivity contribution in [1.29, 1.82) is 0 Å². The van der Waals surface area contributed by atoms with Crippen LogP contribution in [0, 0.1) is 22.7 Å². The first-order chi connectivity index (χ1) is 19.4. The van der Waals surface area contributed by atoms with Crippen molar-refractivity contribution in [2.75, 3.05) is 13.2 Å². The highest BCUT2D eigenvalue weighted by Gasteiger charge is 2.79. The summed E-state index contributed by atoms with van der Waals surface area (Å²) in [6.45, 7) is 6.84. The summed E-state index contributed by atoms with van der Waals surface area (Å²) in [6.07, 6.45) is -4.55. The lowest BCUT2D eigenvalue weighted by Crippen LogP contribution is -2.65. The van der Waals surface area contributed by atoms with Gasteiger partial charge in [0, 0.05) is 36.1 Å². The molecule has 5 nitrogen and oxygen atoms in total. The van der Waals surface area contributed by atoms with Gasteiger partial charge >= 0.3 is 12.1 Å². The van der Waals surface area contributed by atoms with Crippen molar-refractivity contribution in [3.05, 3.63) is 46.5 Å². The minimum absolute atomic E-state index is 0.0582. The van der Waals surface area contributed by atoms with Gasteiger partial charge in [0.25, 0.3) is 0 Å². The number of rotatable bonds is 3. The molecule has 5 aliphatic rings. The molecule has 0 bridgehead atoms. The molecule has 4 N–H and O–H groups in total. The molecule has 0 aromatic heterocycles. The number of hydrogen-bond donors (Lipinski definition) is 3. The van der Waals surface area contributed by atoms with E-state index in [1.807, 2.05) is 24.3 Å². The molecule has 42 heavy (non-hydrogen) atoms. The van der Waals surface area contributed by atoms with Crippen molar-refractivity contribution in [3.8, 4) is 0 Å². The van der Waals surface area contributed by atoms with Crippen LogP contribution in [-0.2, 0) is 16.0 Å². The Labute approximate surface area is 243 Å². The molecule has 1 heterocycles. The van der Waals surface area contributed by atoms with Gasteiger partial charge in [-0.05, 0) is 67.1 Å². The number of ether oxygens (including phenoxy) is 2. The highest BCUT2D eigenvalue weighted by molar-refractivity contribution is 5.44. The average molecular weight is 600 g/mol. The number of fused-ring (bicyclic) bond motifs is 4. The molecular formula is C32H42F5NO4. The van der Waals surface area contributed by atoms with E-state index in [9.17, 15) is 23.4 Å². The summed E-state index contributed by atoms with van der Waals surface area (Å²) < 4.78 is 84.3. The molecule has 4 fully saturated rings. The van der Waals surface area contributed by atoms with Gasteiger partial charge in [0.05, 0.1) is 18.8 Å². The molecule has 3 saturated carbocycles. The van der Waals surface area contributed by atoms with Crippen molar-refractivity contribution in [1.82, 2.24) is 0 Å². The van der Waals surface area contributed by atoms with Crippen molar-refractivity contribution >= 4 is 0 Å². The normalized spacial score (nSPS) is 39.5. The smallest absolute Gasteiger partial charge is 0.385 e. The minimum Gasteiger partial charge on any atom is -0.385 e. The van der Waals surface area contributed by atoms with Crippen LogP contribution in [0.2, 0.25) is 0 Å². The van der Waals surface area contributed by atoms with E-state index in [2.05, 4.69) is 13.8 Å². The monoisotopic (exact) mass is 599 g/mol. The summed E-state index contributed by atoms with van der Waals surface area (Å²) in [5.74, 6) is -7.64. The van der Waals surface area contributed by atoms with E-state index in [1.54, 1.807) is 0 Å². The largest absolute Gasteiger partial charge is 0.456 e. The first-order valence-electron chi connectivity index (χ1n) is 15.1. The third kappa shape index (κ3) is 4.25. The fraction of sp³-hybridized carbons (Fsp3) is 0.750. The van der Waals surface area contributed by atoms with Crippen LogP contribution in [0.1, 0.15) is 89.2 Å². The quantitative estimate of drug-likeness (QED) is 0.278. The number of halogens is 5. The van der Waals surface area contributed by atoms with E-state index < -0.39 is 52.8 Å². The average Bonchev–Trinajstić information content (AvgIpc) is 3.20. The van der Waals surface area contributed by atoms with Gasteiger partial charge < -0.3 is 25.4 Å². The number of benzene rings is 1.